The van der Waals surface area contributed by atoms with Crippen LogP contribution in [-0.4, -0.2) is 56.5 Å². The van der Waals surface area contributed by atoms with Crippen LogP contribution in [0.5, 0.6) is 17.4 Å². The fraction of sp³-hybridized carbons (Fsp3) is 0.371. The van der Waals surface area contributed by atoms with E-state index in [4.69, 9.17) is 4.74 Å². The van der Waals surface area contributed by atoms with Gasteiger partial charge in [-0.15, -0.1) is 11.3 Å². The molecule has 1 saturated carbocycles. The van der Waals surface area contributed by atoms with Gasteiger partial charge in [-0.1, -0.05) is 18.2 Å². The Bertz CT molecular complexity index is 1710. The highest BCUT2D eigenvalue weighted by molar-refractivity contribution is 7.09. The number of phenolic OH excluding ortho intramolecular Hbond substituents is 1. The first-order valence-electron chi connectivity index (χ1n) is 15.4. The van der Waals surface area contributed by atoms with Gasteiger partial charge in [-0.3, -0.25) is 14.5 Å². The number of thiazole rings is 1. The van der Waals surface area contributed by atoms with Crippen molar-refractivity contribution in [1.29, 1.82) is 0 Å². The van der Waals surface area contributed by atoms with Crippen molar-refractivity contribution >= 4 is 23.2 Å². The van der Waals surface area contributed by atoms with Gasteiger partial charge in [-0.2, -0.15) is 0 Å². The smallest absolute Gasteiger partial charge is 0.270 e. The van der Waals surface area contributed by atoms with Crippen LogP contribution in [0, 0.1) is 12.7 Å². The van der Waals surface area contributed by atoms with Gasteiger partial charge in [0.25, 0.3) is 11.8 Å². The maximum absolute atomic E-state index is 14.3. The number of aromatic nitrogens is 2. The van der Waals surface area contributed by atoms with Crippen LogP contribution >= 0.6 is 11.3 Å². The van der Waals surface area contributed by atoms with E-state index in [1.54, 1.807) is 23.6 Å². The summed E-state index contributed by atoms with van der Waals surface area (Å²) in [4.78, 5) is 36.4. The van der Waals surface area contributed by atoms with Crippen LogP contribution in [0.25, 0.3) is 11.1 Å². The summed E-state index contributed by atoms with van der Waals surface area (Å²) < 4.78 is 20.4. The van der Waals surface area contributed by atoms with Gasteiger partial charge in [0, 0.05) is 29.5 Å². The first kappa shape index (κ1) is 33.0. The van der Waals surface area contributed by atoms with Crippen LogP contribution in [-0.2, 0) is 6.54 Å². The fourth-order valence-electron chi connectivity index (χ4n) is 5.37. The van der Waals surface area contributed by atoms with Gasteiger partial charge in [0.2, 0.25) is 5.88 Å². The van der Waals surface area contributed by atoms with Crippen molar-refractivity contribution in [3.8, 4) is 28.5 Å². The minimum atomic E-state index is -0.647. The Hall–Kier alpha value is -4.35. The number of carbonyl (C=O) groups is 2. The Kier molecular flexibility index (Phi) is 10.0. The van der Waals surface area contributed by atoms with E-state index in [2.05, 4.69) is 46.3 Å². The van der Waals surface area contributed by atoms with Crippen molar-refractivity contribution in [3.05, 3.63) is 87.8 Å². The molecule has 11 heteroatoms. The highest BCUT2D eigenvalue weighted by Crippen LogP contribution is 2.33. The topological polar surface area (TPSA) is 117 Å². The van der Waals surface area contributed by atoms with Gasteiger partial charge >= 0.3 is 0 Å². The van der Waals surface area contributed by atoms with Gasteiger partial charge in [0.05, 0.1) is 11.2 Å². The molecule has 5 rings (SSSR count). The second-order valence-corrected chi connectivity index (χ2v) is 13.8. The van der Waals surface area contributed by atoms with E-state index in [9.17, 15) is 19.1 Å². The van der Waals surface area contributed by atoms with Gasteiger partial charge in [0.15, 0.2) is 0 Å². The number of carbonyl (C=O) groups excluding carboxylic acids is 2. The zero-order valence-corrected chi connectivity index (χ0v) is 27.6. The summed E-state index contributed by atoms with van der Waals surface area (Å²) in [5, 5.41) is 18.8. The highest BCUT2D eigenvalue weighted by Gasteiger charge is 2.26. The lowest BCUT2D eigenvalue weighted by atomic mass is 9.91. The zero-order chi connectivity index (χ0) is 33.0. The second-order valence-electron chi connectivity index (χ2n) is 12.8. The van der Waals surface area contributed by atoms with E-state index in [-0.39, 0.29) is 40.7 Å². The molecular formula is C35H40FN5O4S. The molecule has 0 aliphatic heterocycles. The van der Waals surface area contributed by atoms with Crippen molar-refractivity contribution < 1.29 is 23.8 Å². The third-order valence-electron chi connectivity index (χ3n) is 8.31. The van der Waals surface area contributed by atoms with E-state index in [0.29, 0.717) is 43.7 Å². The number of ether oxygens (including phenoxy) is 1. The summed E-state index contributed by atoms with van der Waals surface area (Å²) in [5.74, 6) is -0.702. The summed E-state index contributed by atoms with van der Waals surface area (Å²) in [7, 11) is 2.04. The fourth-order valence-corrected chi connectivity index (χ4v) is 5.96. The molecule has 4 aromatic rings. The number of benzene rings is 2. The Balaban J connectivity index is 1.26. The number of aromatic hydroxyl groups is 1. The Labute approximate surface area is 272 Å². The number of nitrogens with zero attached hydrogens (tertiary/aromatic N) is 3. The van der Waals surface area contributed by atoms with Crippen LogP contribution in [0.15, 0.2) is 60.1 Å². The maximum atomic E-state index is 14.3. The van der Waals surface area contributed by atoms with Gasteiger partial charge in [-0.25, -0.2) is 14.4 Å². The summed E-state index contributed by atoms with van der Waals surface area (Å²) in [6.45, 7) is 8.86. The molecule has 2 amide bonds. The van der Waals surface area contributed by atoms with Crippen LogP contribution in [0.4, 0.5) is 4.39 Å². The molecule has 2 aromatic heterocycles. The largest absolute Gasteiger partial charge is 0.508 e. The number of halogens is 1. The quantitative estimate of drug-likeness (QED) is 0.182. The molecule has 0 saturated heterocycles. The monoisotopic (exact) mass is 645 g/mol. The summed E-state index contributed by atoms with van der Waals surface area (Å²) in [6.07, 6.45) is 3.73. The van der Waals surface area contributed by atoms with E-state index in [1.807, 2.05) is 38.2 Å². The molecule has 3 N–H and O–H groups in total. The third-order valence-corrected chi connectivity index (χ3v) is 9.09. The summed E-state index contributed by atoms with van der Waals surface area (Å²) in [5.41, 5.74) is 3.08. The highest BCUT2D eigenvalue weighted by atomic mass is 32.1. The Morgan fingerprint density at radius 1 is 1.04 bits per heavy atom. The second kappa shape index (κ2) is 14.0. The maximum Gasteiger partial charge on any atom is 0.270 e. The third kappa shape index (κ3) is 8.27. The van der Waals surface area contributed by atoms with Crippen molar-refractivity contribution in [3.63, 3.8) is 0 Å². The molecule has 2 heterocycles. The molecule has 2 aromatic carbocycles. The standard InChI is InChI=1S/C35H40FN5O4S/c1-21-38-31(20-46-21)33(44)40-26-11-9-25(10-12-26)39-32(43)30-17-24(36)18-37-34(30)45-28-8-6-7-22(16-28)29-14-13-27(42)15-23(29)19-41(5)35(2,3)4/h6-8,13-18,20,25-26,42H,9-12,19H2,1-5H3,(H,39,43)(H,40,44). The minimum Gasteiger partial charge on any atom is -0.508 e. The summed E-state index contributed by atoms with van der Waals surface area (Å²) in [6, 6.07) is 13.6. The molecular weight excluding hydrogens is 605 g/mol. The molecule has 0 bridgehead atoms. The van der Waals surface area contributed by atoms with E-state index >= 15 is 0 Å². The molecule has 0 atom stereocenters. The number of rotatable bonds is 9. The average molecular weight is 646 g/mol. The minimum absolute atomic E-state index is 0.00291. The van der Waals surface area contributed by atoms with Crippen molar-refractivity contribution in [2.75, 3.05) is 7.05 Å². The lowest BCUT2D eigenvalue weighted by Gasteiger charge is -2.32. The van der Waals surface area contributed by atoms with E-state index in [0.717, 1.165) is 34.0 Å². The molecule has 242 valence electrons. The Morgan fingerprint density at radius 3 is 2.39 bits per heavy atom. The van der Waals surface area contributed by atoms with Crippen LogP contribution in [0.1, 0.15) is 77.9 Å². The van der Waals surface area contributed by atoms with Crippen molar-refractivity contribution in [2.24, 2.45) is 0 Å². The predicted molar refractivity (Wildman–Crippen MR) is 177 cm³/mol. The number of hydrogen-bond acceptors (Lipinski definition) is 8. The molecule has 1 fully saturated rings. The average Bonchev–Trinajstić information content (AvgIpc) is 3.45. The first-order chi connectivity index (χ1) is 21.9. The molecule has 9 nitrogen and oxygen atoms in total. The zero-order valence-electron chi connectivity index (χ0n) is 26.8. The molecule has 1 aliphatic carbocycles. The number of pyridine rings is 1. The van der Waals surface area contributed by atoms with Gasteiger partial charge < -0.3 is 20.5 Å². The molecule has 0 unspecified atom stereocenters. The molecule has 0 spiro atoms. The number of aryl methyl sites for hydroxylation is 1. The predicted octanol–water partition coefficient (Wildman–Crippen LogP) is 6.85. The lowest BCUT2D eigenvalue weighted by Crippen LogP contribution is -2.44. The summed E-state index contributed by atoms with van der Waals surface area (Å²) >= 11 is 1.43. The number of nitrogens with one attached hydrogen (secondary N) is 2. The van der Waals surface area contributed by atoms with Crippen LogP contribution < -0.4 is 15.4 Å². The lowest BCUT2D eigenvalue weighted by molar-refractivity contribution is 0.0888. The van der Waals surface area contributed by atoms with Gasteiger partial charge in [-0.05, 0) is 107 Å². The van der Waals surface area contributed by atoms with Gasteiger partial charge in [0.1, 0.15) is 28.6 Å². The normalized spacial score (nSPS) is 16.7. The van der Waals surface area contributed by atoms with Crippen LogP contribution in [0.2, 0.25) is 0 Å². The van der Waals surface area contributed by atoms with Crippen molar-refractivity contribution in [1.82, 2.24) is 25.5 Å². The first-order valence-corrected chi connectivity index (χ1v) is 16.2. The molecule has 0 radical (unpaired) electrons. The van der Waals surface area contributed by atoms with E-state index in [1.165, 1.54) is 11.3 Å². The number of phenols is 1. The van der Waals surface area contributed by atoms with E-state index < -0.39 is 11.7 Å². The number of amides is 2. The number of hydrogen-bond donors (Lipinski definition) is 3. The van der Waals surface area contributed by atoms with Crippen LogP contribution in [0.3, 0.4) is 0 Å². The molecule has 1 aliphatic rings. The molecule has 46 heavy (non-hydrogen) atoms. The Morgan fingerprint density at radius 2 is 1.74 bits per heavy atom. The van der Waals surface area contributed by atoms with Crippen molar-refractivity contribution in [2.45, 2.75) is 77.5 Å². The SMILES string of the molecule is Cc1nc(C(=O)NC2CCC(NC(=O)c3cc(F)cnc3Oc3cccc(-c4ccc(O)cc4CN(C)C(C)(C)C)c3)CC2)cs1.